The summed E-state index contributed by atoms with van der Waals surface area (Å²) in [6.07, 6.45) is 4.02. The molecule has 2 aliphatic rings. The summed E-state index contributed by atoms with van der Waals surface area (Å²) in [5.74, 6) is 0.823. The van der Waals surface area contributed by atoms with Crippen molar-refractivity contribution >= 4 is 26.9 Å². The molecule has 2 aromatic carbocycles. The van der Waals surface area contributed by atoms with Gasteiger partial charge in [-0.1, -0.05) is 28.1 Å². The Balaban J connectivity index is 1.64. The van der Waals surface area contributed by atoms with Crippen LogP contribution < -0.4 is 10.2 Å². The van der Waals surface area contributed by atoms with E-state index in [-0.39, 0.29) is 5.43 Å². The summed E-state index contributed by atoms with van der Waals surface area (Å²) in [5.41, 5.74) is 3.06. The number of nitrogens with zero attached hydrogens (tertiary/aromatic N) is 1. The van der Waals surface area contributed by atoms with E-state index in [1.54, 1.807) is 6.26 Å². The molecule has 1 aliphatic carbocycles. The minimum absolute atomic E-state index is 0.00471. The number of ether oxygens (including phenoxy) is 1. The predicted molar refractivity (Wildman–Crippen MR) is 99.7 cm³/mol. The Morgan fingerprint density at radius 1 is 1.08 bits per heavy atom. The first-order valence-corrected chi connectivity index (χ1v) is 9.20. The van der Waals surface area contributed by atoms with Crippen molar-refractivity contribution in [1.29, 1.82) is 0 Å². The first-order valence-electron chi connectivity index (χ1n) is 8.41. The molecular weight excluding hydrogens is 382 g/mol. The van der Waals surface area contributed by atoms with Crippen molar-refractivity contribution in [2.24, 2.45) is 0 Å². The highest BCUT2D eigenvalue weighted by atomic mass is 79.9. The molecule has 4 nitrogen and oxygen atoms in total. The van der Waals surface area contributed by atoms with Crippen LogP contribution in [0.15, 0.2) is 56.3 Å². The third-order valence-corrected chi connectivity index (χ3v) is 5.50. The molecule has 5 heteroatoms. The third-order valence-electron chi connectivity index (χ3n) is 4.97. The van der Waals surface area contributed by atoms with E-state index in [1.807, 2.05) is 36.4 Å². The molecular formula is C20H16BrNO3. The number of halogens is 1. The molecule has 0 bridgehead atoms. The van der Waals surface area contributed by atoms with Crippen molar-refractivity contribution in [2.75, 3.05) is 6.73 Å². The molecule has 0 radical (unpaired) electrons. The van der Waals surface area contributed by atoms with Gasteiger partial charge in [0.05, 0.1) is 16.5 Å². The smallest absolute Gasteiger partial charge is 0.200 e. The molecule has 0 atom stereocenters. The lowest BCUT2D eigenvalue weighted by molar-refractivity contribution is 0.0885. The van der Waals surface area contributed by atoms with Gasteiger partial charge < -0.3 is 9.15 Å². The Hall–Kier alpha value is -2.11. The van der Waals surface area contributed by atoms with Gasteiger partial charge in [-0.05, 0) is 42.7 Å². The van der Waals surface area contributed by atoms with Crippen LogP contribution in [-0.4, -0.2) is 17.7 Å². The molecule has 25 heavy (non-hydrogen) atoms. The second-order valence-electron chi connectivity index (χ2n) is 6.66. The molecule has 0 N–H and O–H groups in total. The van der Waals surface area contributed by atoms with Crippen LogP contribution in [0, 0.1) is 0 Å². The van der Waals surface area contributed by atoms with Gasteiger partial charge in [0, 0.05) is 17.1 Å². The van der Waals surface area contributed by atoms with Gasteiger partial charge in [-0.25, -0.2) is 0 Å². The molecule has 0 amide bonds. The molecule has 2 heterocycles. The zero-order valence-corrected chi connectivity index (χ0v) is 15.1. The molecule has 1 aromatic heterocycles. The van der Waals surface area contributed by atoms with Crippen LogP contribution in [0.1, 0.15) is 18.4 Å². The Morgan fingerprint density at radius 2 is 1.88 bits per heavy atom. The lowest BCUT2D eigenvalue weighted by Crippen LogP contribution is -2.33. The van der Waals surface area contributed by atoms with Crippen molar-refractivity contribution < 1.29 is 9.15 Å². The maximum Gasteiger partial charge on any atom is 0.200 e. The van der Waals surface area contributed by atoms with Crippen molar-refractivity contribution in [3.8, 4) is 16.9 Å². The summed E-state index contributed by atoms with van der Waals surface area (Å²) < 4.78 is 12.8. The van der Waals surface area contributed by atoms with Crippen LogP contribution in [-0.2, 0) is 6.54 Å². The molecule has 1 aliphatic heterocycles. The van der Waals surface area contributed by atoms with Crippen LogP contribution in [0.25, 0.3) is 22.1 Å². The van der Waals surface area contributed by atoms with E-state index in [2.05, 4.69) is 20.8 Å². The Bertz CT molecular complexity index is 1020. The summed E-state index contributed by atoms with van der Waals surface area (Å²) >= 11 is 3.42. The zero-order valence-electron chi connectivity index (χ0n) is 13.5. The highest BCUT2D eigenvalue weighted by Crippen LogP contribution is 2.37. The second kappa shape index (κ2) is 5.71. The van der Waals surface area contributed by atoms with Gasteiger partial charge in [-0.15, -0.1) is 0 Å². The first-order chi connectivity index (χ1) is 12.2. The zero-order chi connectivity index (χ0) is 17.0. The molecule has 0 spiro atoms. The minimum Gasteiger partial charge on any atom is -0.478 e. The maximum absolute atomic E-state index is 13.0. The number of rotatable bonds is 2. The van der Waals surface area contributed by atoms with Crippen LogP contribution in [0.4, 0.5) is 0 Å². The average Bonchev–Trinajstić information content (AvgIpc) is 3.47. The van der Waals surface area contributed by atoms with Crippen LogP contribution in [0.3, 0.4) is 0 Å². The largest absolute Gasteiger partial charge is 0.478 e. The highest BCUT2D eigenvalue weighted by Gasteiger charge is 2.33. The van der Waals surface area contributed by atoms with Gasteiger partial charge in [0.2, 0.25) is 5.43 Å². The summed E-state index contributed by atoms with van der Waals surface area (Å²) in [7, 11) is 0. The van der Waals surface area contributed by atoms with E-state index in [0.29, 0.717) is 29.3 Å². The summed E-state index contributed by atoms with van der Waals surface area (Å²) in [6.45, 7) is 1.39. The topological polar surface area (TPSA) is 42.7 Å². The highest BCUT2D eigenvalue weighted by molar-refractivity contribution is 9.10. The number of hydrogen-bond donors (Lipinski definition) is 0. The van der Waals surface area contributed by atoms with E-state index in [1.165, 1.54) is 12.8 Å². The molecule has 0 saturated heterocycles. The van der Waals surface area contributed by atoms with Crippen LogP contribution in [0.5, 0.6) is 5.75 Å². The van der Waals surface area contributed by atoms with Gasteiger partial charge >= 0.3 is 0 Å². The first kappa shape index (κ1) is 15.2. The lowest BCUT2D eigenvalue weighted by atomic mass is 10.0. The van der Waals surface area contributed by atoms with Crippen LogP contribution in [0.2, 0.25) is 0 Å². The quantitative estimate of drug-likeness (QED) is 0.636. The van der Waals surface area contributed by atoms with E-state index in [9.17, 15) is 4.79 Å². The Labute approximate surface area is 153 Å². The third kappa shape index (κ3) is 2.58. The van der Waals surface area contributed by atoms with Crippen molar-refractivity contribution in [3.05, 3.63) is 62.9 Å². The van der Waals surface area contributed by atoms with E-state index in [4.69, 9.17) is 9.15 Å². The van der Waals surface area contributed by atoms with Gasteiger partial charge in [-0.3, -0.25) is 9.69 Å². The summed E-state index contributed by atoms with van der Waals surface area (Å²) in [5, 5.41) is 0.611. The molecule has 5 rings (SSSR count). The molecule has 3 aromatic rings. The van der Waals surface area contributed by atoms with Gasteiger partial charge in [0.25, 0.3) is 0 Å². The minimum atomic E-state index is -0.00471. The Kier molecular flexibility index (Phi) is 3.47. The number of hydrogen-bond acceptors (Lipinski definition) is 4. The summed E-state index contributed by atoms with van der Waals surface area (Å²) in [6, 6.07) is 12.0. The van der Waals surface area contributed by atoms with Crippen molar-refractivity contribution in [3.63, 3.8) is 0 Å². The molecule has 1 fully saturated rings. The Morgan fingerprint density at radius 3 is 2.64 bits per heavy atom. The van der Waals surface area contributed by atoms with E-state index in [0.717, 1.165) is 27.9 Å². The van der Waals surface area contributed by atoms with Gasteiger partial charge in [-0.2, -0.15) is 0 Å². The standard InChI is InChI=1S/C20H16BrNO3/c21-13-3-1-12(2-4-13)17-10-24-20-15(19(17)23)7-8-18-16(20)9-22(11-25-18)14-5-6-14/h1-4,7-8,10,14H,5-6,9,11H2. The fourth-order valence-electron chi connectivity index (χ4n) is 3.43. The fraction of sp³-hybridized carbons (Fsp3) is 0.250. The number of benzene rings is 2. The second-order valence-corrected chi connectivity index (χ2v) is 7.57. The van der Waals surface area contributed by atoms with Gasteiger partial charge in [0.15, 0.2) is 0 Å². The normalized spacial score (nSPS) is 17.3. The predicted octanol–water partition coefficient (Wildman–Crippen LogP) is 4.54. The maximum atomic E-state index is 13.0. The van der Waals surface area contributed by atoms with E-state index < -0.39 is 0 Å². The molecule has 126 valence electrons. The van der Waals surface area contributed by atoms with E-state index >= 15 is 0 Å². The monoisotopic (exact) mass is 397 g/mol. The molecule has 0 unspecified atom stereocenters. The number of fused-ring (bicyclic) bond motifs is 3. The SMILES string of the molecule is O=c1c(-c2ccc(Br)cc2)coc2c3c(ccc12)OCN(C1CC1)C3. The lowest BCUT2D eigenvalue weighted by Gasteiger charge is -2.29. The molecule has 1 saturated carbocycles. The van der Waals surface area contributed by atoms with Crippen LogP contribution >= 0.6 is 15.9 Å². The summed E-state index contributed by atoms with van der Waals surface area (Å²) in [4.78, 5) is 15.3. The van der Waals surface area contributed by atoms with Gasteiger partial charge in [0.1, 0.15) is 24.3 Å². The fourth-order valence-corrected chi connectivity index (χ4v) is 3.69. The van der Waals surface area contributed by atoms with Crippen molar-refractivity contribution in [2.45, 2.75) is 25.4 Å². The van der Waals surface area contributed by atoms with Crippen molar-refractivity contribution in [1.82, 2.24) is 4.90 Å². The average molecular weight is 398 g/mol.